The molecule has 0 aliphatic carbocycles. The summed E-state index contributed by atoms with van der Waals surface area (Å²) < 4.78 is 6.65. The van der Waals surface area contributed by atoms with Crippen LogP contribution in [0, 0.1) is 11.3 Å². The average Bonchev–Trinajstić information content (AvgIpc) is 3.07. The van der Waals surface area contributed by atoms with E-state index in [1.165, 1.54) is 10.9 Å². The molecule has 0 saturated heterocycles. The largest absolute Gasteiger partial charge is 0.464 e. The Hall–Kier alpha value is -2.42. The number of hydrogen-bond donors (Lipinski definition) is 1. The molecule has 7 heteroatoms. The van der Waals surface area contributed by atoms with Gasteiger partial charge in [0.15, 0.2) is 5.69 Å². The summed E-state index contributed by atoms with van der Waals surface area (Å²) in [4.78, 5) is 0. The summed E-state index contributed by atoms with van der Waals surface area (Å²) >= 11 is 12.3. The second-order valence-electron chi connectivity index (χ2n) is 4.18. The minimum atomic E-state index is 0.137. The first-order chi connectivity index (χ1) is 10.1. The number of benzene rings is 1. The summed E-state index contributed by atoms with van der Waals surface area (Å²) in [5.41, 5.74) is 7.09. The van der Waals surface area contributed by atoms with E-state index < -0.39 is 0 Å². The number of nitrogens with zero attached hydrogens (tertiary/aromatic N) is 3. The van der Waals surface area contributed by atoms with E-state index in [4.69, 9.17) is 33.4 Å². The molecule has 0 unspecified atom stereocenters. The number of nitrogens with two attached hydrogens (primary N) is 1. The van der Waals surface area contributed by atoms with Crippen LogP contribution in [0.1, 0.15) is 5.69 Å². The second-order valence-corrected chi connectivity index (χ2v) is 4.99. The molecular formula is C14H8Cl2N4O. The van der Waals surface area contributed by atoms with E-state index in [9.17, 15) is 5.26 Å². The first-order valence-corrected chi connectivity index (χ1v) is 6.66. The van der Waals surface area contributed by atoms with E-state index in [0.29, 0.717) is 27.1 Å². The number of halogens is 2. The predicted molar refractivity (Wildman–Crippen MR) is 80.4 cm³/mol. The molecule has 2 heterocycles. The van der Waals surface area contributed by atoms with E-state index in [0.717, 1.165) is 0 Å². The molecule has 0 spiro atoms. The van der Waals surface area contributed by atoms with Crippen molar-refractivity contribution in [1.29, 1.82) is 5.26 Å². The van der Waals surface area contributed by atoms with Crippen molar-refractivity contribution in [2.45, 2.75) is 0 Å². The maximum absolute atomic E-state index is 9.25. The van der Waals surface area contributed by atoms with Gasteiger partial charge >= 0.3 is 0 Å². The fourth-order valence-electron chi connectivity index (χ4n) is 2.03. The highest BCUT2D eigenvalue weighted by Gasteiger charge is 2.22. The highest BCUT2D eigenvalue weighted by Crippen LogP contribution is 2.35. The highest BCUT2D eigenvalue weighted by molar-refractivity contribution is 6.37. The van der Waals surface area contributed by atoms with Crippen molar-refractivity contribution < 1.29 is 4.42 Å². The van der Waals surface area contributed by atoms with Crippen LogP contribution in [0.2, 0.25) is 10.0 Å². The molecule has 0 atom stereocenters. The first kappa shape index (κ1) is 13.6. The Labute approximate surface area is 130 Å². The Bertz CT molecular complexity index is 826. The molecule has 21 heavy (non-hydrogen) atoms. The van der Waals surface area contributed by atoms with E-state index in [1.807, 2.05) is 6.07 Å². The summed E-state index contributed by atoms with van der Waals surface area (Å²) in [6, 6.07) is 10.5. The van der Waals surface area contributed by atoms with Crippen molar-refractivity contribution in [2.75, 3.05) is 5.73 Å². The van der Waals surface area contributed by atoms with Crippen molar-refractivity contribution in [3.05, 3.63) is 52.3 Å². The van der Waals surface area contributed by atoms with Gasteiger partial charge in [-0.05, 0) is 24.3 Å². The van der Waals surface area contributed by atoms with Gasteiger partial charge in [0.1, 0.15) is 23.3 Å². The summed E-state index contributed by atoms with van der Waals surface area (Å²) in [5.74, 6) is 0.690. The SMILES string of the molecule is N#Cc1nn(-c2c(Cl)cccc2Cl)c(N)c1-c1ccco1. The molecule has 0 aliphatic heterocycles. The molecule has 3 rings (SSSR count). The van der Waals surface area contributed by atoms with Crippen molar-refractivity contribution in [3.8, 4) is 23.1 Å². The van der Waals surface area contributed by atoms with Crippen molar-refractivity contribution >= 4 is 29.0 Å². The lowest BCUT2D eigenvalue weighted by Crippen LogP contribution is -2.03. The summed E-state index contributed by atoms with van der Waals surface area (Å²) in [6.45, 7) is 0. The number of nitriles is 1. The Morgan fingerprint density at radius 1 is 1.19 bits per heavy atom. The van der Waals surface area contributed by atoms with Gasteiger partial charge in [0.25, 0.3) is 0 Å². The van der Waals surface area contributed by atoms with E-state index >= 15 is 0 Å². The van der Waals surface area contributed by atoms with Gasteiger partial charge in [-0.15, -0.1) is 0 Å². The topological polar surface area (TPSA) is 80.8 Å². The van der Waals surface area contributed by atoms with Crippen LogP contribution in [0.15, 0.2) is 41.0 Å². The van der Waals surface area contributed by atoms with Crippen LogP contribution in [-0.2, 0) is 0 Å². The first-order valence-electron chi connectivity index (χ1n) is 5.90. The number of furan rings is 1. The summed E-state index contributed by atoms with van der Waals surface area (Å²) in [7, 11) is 0. The van der Waals surface area contributed by atoms with E-state index in [2.05, 4.69) is 5.10 Å². The Morgan fingerprint density at radius 3 is 2.48 bits per heavy atom. The van der Waals surface area contributed by atoms with Crippen LogP contribution in [0.4, 0.5) is 5.82 Å². The molecule has 0 aliphatic rings. The van der Waals surface area contributed by atoms with Crippen LogP contribution < -0.4 is 5.73 Å². The van der Waals surface area contributed by atoms with Gasteiger partial charge in [-0.3, -0.25) is 0 Å². The van der Waals surface area contributed by atoms with Gasteiger partial charge in [-0.1, -0.05) is 29.3 Å². The number of rotatable bonds is 2. The molecule has 2 aromatic heterocycles. The third-order valence-electron chi connectivity index (χ3n) is 2.94. The molecule has 0 fully saturated rings. The van der Waals surface area contributed by atoms with Crippen LogP contribution in [0.25, 0.3) is 17.0 Å². The zero-order chi connectivity index (χ0) is 15.0. The molecule has 0 amide bonds. The van der Waals surface area contributed by atoms with Crippen molar-refractivity contribution in [2.24, 2.45) is 0 Å². The third-order valence-corrected chi connectivity index (χ3v) is 3.55. The van der Waals surface area contributed by atoms with E-state index in [-0.39, 0.29) is 11.5 Å². The van der Waals surface area contributed by atoms with Gasteiger partial charge in [0.05, 0.1) is 21.9 Å². The monoisotopic (exact) mass is 318 g/mol. The maximum Gasteiger partial charge on any atom is 0.176 e. The zero-order valence-electron chi connectivity index (χ0n) is 10.5. The maximum atomic E-state index is 9.25. The van der Waals surface area contributed by atoms with Gasteiger partial charge < -0.3 is 10.2 Å². The van der Waals surface area contributed by atoms with Crippen LogP contribution in [-0.4, -0.2) is 9.78 Å². The molecule has 3 aromatic rings. The van der Waals surface area contributed by atoms with Crippen LogP contribution in [0.5, 0.6) is 0 Å². The smallest absolute Gasteiger partial charge is 0.176 e. The molecule has 104 valence electrons. The van der Waals surface area contributed by atoms with Crippen LogP contribution >= 0.6 is 23.2 Å². The predicted octanol–water partition coefficient (Wildman–Crippen LogP) is 3.89. The number of anilines is 1. The minimum Gasteiger partial charge on any atom is -0.464 e. The quantitative estimate of drug-likeness (QED) is 0.777. The van der Waals surface area contributed by atoms with Crippen LogP contribution in [0.3, 0.4) is 0 Å². The van der Waals surface area contributed by atoms with Gasteiger partial charge in [0, 0.05) is 0 Å². The number of hydrogen-bond acceptors (Lipinski definition) is 4. The third kappa shape index (κ3) is 2.15. The standard InChI is InChI=1S/C14H8Cl2N4O/c15-8-3-1-4-9(16)13(8)20-14(18)12(10(7-17)19-20)11-5-2-6-21-11/h1-6H,18H2. The van der Waals surface area contributed by atoms with Gasteiger partial charge in [-0.25, -0.2) is 4.68 Å². The summed E-state index contributed by atoms with van der Waals surface area (Å²) in [6.07, 6.45) is 1.50. The Morgan fingerprint density at radius 2 is 1.90 bits per heavy atom. The molecule has 5 nitrogen and oxygen atoms in total. The lowest BCUT2D eigenvalue weighted by Gasteiger charge is -2.08. The van der Waals surface area contributed by atoms with Gasteiger partial charge in [0.2, 0.25) is 0 Å². The fourth-order valence-corrected chi connectivity index (χ4v) is 2.59. The minimum absolute atomic E-state index is 0.137. The zero-order valence-corrected chi connectivity index (χ0v) is 12.1. The lowest BCUT2D eigenvalue weighted by molar-refractivity contribution is 0.582. The summed E-state index contributed by atoms with van der Waals surface area (Å²) in [5, 5.41) is 14.2. The molecule has 0 saturated carbocycles. The number of aromatic nitrogens is 2. The molecule has 0 radical (unpaired) electrons. The van der Waals surface area contributed by atoms with Crippen molar-refractivity contribution in [3.63, 3.8) is 0 Å². The number of nitrogen functional groups attached to an aromatic ring is 1. The average molecular weight is 319 g/mol. The molecule has 1 aromatic carbocycles. The molecule has 2 N–H and O–H groups in total. The lowest BCUT2D eigenvalue weighted by atomic mass is 10.2. The number of para-hydroxylation sites is 1. The van der Waals surface area contributed by atoms with Crippen molar-refractivity contribution in [1.82, 2.24) is 9.78 Å². The second kappa shape index (κ2) is 5.17. The molecular weight excluding hydrogens is 311 g/mol. The normalized spacial score (nSPS) is 10.5. The van der Waals surface area contributed by atoms with Gasteiger partial charge in [-0.2, -0.15) is 10.4 Å². The van der Waals surface area contributed by atoms with E-state index in [1.54, 1.807) is 30.3 Å². The highest BCUT2D eigenvalue weighted by atomic mass is 35.5. The Balaban J connectivity index is 2.30. The molecule has 0 bridgehead atoms. The fraction of sp³-hybridized carbons (Fsp3) is 0. The Kier molecular flexibility index (Phi) is 3.34.